The molecule has 1 aliphatic heterocycles. The summed E-state index contributed by atoms with van der Waals surface area (Å²) >= 11 is 0. The molecule has 5 N–H and O–H groups in total. The number of carbonyl (C=O) groups is 3. The summed E-state index contributed by atoms with van der Waals surface area (Å²) in [6, 6.07) is 26.8. The molecule has 3 amide bonds. The Labute approximate surface area is 229 Å². The van der Waals surface area contributed by atoms with Crippen LogP contribution < -0.4 is 21.3 Å². The maximum absolute atomic E-state index is 13.0. The van der Waals surface area contributed by atoms with Gasteiger partial charge in [-0.2, -0.15) is 0 Å². The molecule has 2 atom stereocenters. The lowest BCUT2D eigenvalue weighted by Gasteiger charge is -2.25. The van der Waals surface area contributed by atoms with Gasteiger partial charge in [-0.05, 0) is 47.9 Å². The van der Waals surface area contributed by atoms with Crippen LogP contribution in [0.5, 0.6) is 0 Å². The Morgan fingerprint density at radius 3 is 2.08 bits per heavy atom. The van der Waals surface area contributed by atoms with Gasteiger partial charge in [0.15, 0.2) is 0 Å². The fourth-order valence-electron chi connectivity index (χ4n) is 4.99. The second-order valence-electron chi connectivity index (χ2n) is 9.81. The Bertz CT molecular complexity index is 1200. The van der Waals surface area contributed by atoms with E-state index in [-0.39, 0.29) is 23.8 Å². The molecule has 8 heteroatoms. The van der Waals surface area contributed by atoms with Crippen LogP contribution in [0.25, 0.3) is 0 Å². The zero-order valence-electron chi connectivity index (χ0n) is 21.9. The lowest BCUT2D eigenvalue weighted by molar-refractivity contribution is -0.124. The largest absolute Gasteiger partial charge is 0.465 e. The van der Waals surface area contributed by atoms with E-state index >= 15 is 0 Å². The fraction of sp³-hybridized carbons (Fsp3) is 0.323. The van der Waals surface area contributed by atoms with Crippen molar-refractivity contribution in [3.63, 3.8) is 0 Å². The first-order valence-corrected chi connectivity index (χ1v) is 13.5. The van der Waals surface area contributed by atoms with Crippen molar-refractivity contribution in [1.82, 2.24) is 21.3 Å². The van der Waals surface area contributed by atoms with E-state index < -0.39 is 12.1 Å². The molecule has 0 spiro atoms. The third-order valence-corrected chi connectivity index (χ3v) is 7.12. The van der Waals surface area contributed by atoms with Crippen LogP contribution >= 0.6 is 0 Å². The zero-order valence-corrected chi connectivity index (χ0v) is 21.9. The number of hydrogen-bond acceptors (Lipinski definition) is 4. The molecule has 8 nitrogen and oxygen atoms in total. The molecule has 0 fully saturated rings. The Hall–Kier alpha value is -4.17. The van der Waals surface area contributed by atoms with Crippen molar-refractivity contribution in [1.29, 1.82) is 0 Å². The Balaban J connectivity index is 1.25. The van der Waals surface area contributed by atoms with Crippen molar-refractivity contribution < 1.29 is 19.5 Å². The molecular weight excluding hydrogens is 492 g/mol. The van der Waals surface area contributed by atoms with Gasteiger partial charge in [0.25, 0.3) is 0 Å². The second kappa shape index (κ2) is 14.1. The Kier molecular flexibility index (Phi) is 10.1. The van der Waals surface area contributed by atoms with E-state index in [1.54, 1.807) is 0 Å². The molecule has 204 valence electrons. The highest BCUT2D eigenvalue weighted by atomic mass is 16.4. The summed E-state index contributed by atoms with van der Waals surface area (Å²) < 4.78 is 0. The molecule has 0 aliphatic carbocycles. The molecule has 0 bridgehead atoms. The molecule has 39 heavy (non-hydrogen) atoms. The molecule has 0 saturated carbocycles. The summed E-state index contributed by atoms with van der Waals surface area (Å²) in [6.07, 6.45) is 0.969. The van der Waals surface area contributed by atoms with Crippen molar-refractivity contribution in [2.24, 2.45) is 0 Å². The standard InChI is InChI=1S/C31H36N4O4/c36-29(34-21-26(22-11-3-1-4-12-22)23-13-5-2-6-14-23)27(35-31(38)39)17-9-10-18-32-30(37)28-19-24-15-7-8-16-25(24)20-33-28/h1-8,11-16,26-28,33,35H,9-10,17-21H2,(H,32,37)(H,34,36)(H,38,39)/t27-,28+/m1/s1. The summed E-state index contributed by atoms with van der Waals surface area (Å²) in [7, 11) is 0. The predicted octanol–water partition coefficient (Wildman–Crippen LogP) is 3.57. The maximum Gasteiger partial charge on any atom is 0.405 e. The normalized spacial score (nSPS) is 15.2. The number of carbonyl (C=O) groups excluding carboxylic acids is 2. The molecule has 1 aliphatic rings. The first-order valence-electron chi connectivity index (χ1n) is 13.5. The summed E-state index contributed by atoms with van der Waals surface area (Å²) in [5.41, 5.74) is 4.54. The number of carboxylic acid groups (broad SMARTS) is 1. The molecule has 0 saturated heterocycles. The Morgan fingerprint density at radius 2 is 1.44 bits per heavy atom. The summed E-state index contributed by atoms with van der Waals surface area (Å²) in [5.74, 6) is -0.462. The molecule has 1 heterocycles. The lowest BCUT2D eigenvalue weighted by atomic mass is 9.91. The number of rotatable bonds is 12. The highest BCUT2D eigenvalue weighted by Gasteiger charge is 2.24. The average molecular weight is 529 g/mol. The van der Waals surface area contributed by atoms with Crippen molar-refractivity contribution in [3.8, 4) is 0 Å². The van der Waals surface area contributed by atoms with Gasteiger partial charge in [-0.15, -0.1) is 0 Å². The molecule has 0 aromatic heterocycles. The minimum atomic E-state index is -1.24. The maximum atomic E-state index is 13.0. The monoisotopic (exact) mass is 528 g/mol. The molecular formula is C31H36N4O4. The van der Waals surface area contributed by atoms with Gasteiger partial charge >= 0.3 is 6.09 Å². The number of benzene rings is 3. The Morgan fingerprint density at radius 1 is 0.821 bits per heavy atom. The van der Waals surface area contributed by atoms with E-state index in [1.807, 2.05) is 72.8 Å². The molecule has 3 aromatic carbocycles. The molecule has 3 aromatic rings. The first kappa shape index (κ1) is 27.9. The zero-order chi connectivity index (χ0) is 27.5. The third kappa shape index (κ3) is 8.15. The summed E-state index contributed by atoms with van der Waals surface area (Å²) in [4.78, 5) is 37.0. The van der Waals surface area contributed by atoms with Crippen LogP contribution in [0.3, 0.4) is 0 Å². The number of unbranched alkanes of at least 4 members (excludes halogenated alkanes) is 1. The van der Waals surface area contributed by atoms with Crippen LogP contribution in [0.1, 0.15) is 47.4 Å². The number of fused-ring (bicyclic) bond motifs is 1. The fourth-order valence-corrected chi connectivity index (χ4v) is 4.99. The SMILES string of the molecule is O=C(O)N[C@H](CCCCNC(=O)[C@@H]1Cc2ccccc2CN1)C(=O)NCC(c1ccccc1)c1ccccc1. The van der Waals surface area contributed by atoms with Crippen molar-refractivity contribution in [3.05, 3.63) is 107 Å². The highest BCUT2D eigenvalue weighted by molar-refractivity contribution is 5.85. The van der Waals surface area contributed by atoms with Crippen LogP contribution in [0, 0.1) is 0 Å². The first-order chi connectivity index (χ1) is 19.0. The van der Waals surface area contributed by atoms with Crippen LogP contribution in [-0.2, 0) is 22.6 Å². The van der Waals surface area contributed by atoms with Gasteiger partial charge in [0.2, 0.25) is 11.8 Å². The second-order valence-corrected chi connectivity index (χ2v) is 9.81. The van der Waals surface area contributed by atoms with Gasteiger partial charge in [-0.1, -0.05) is 84.9 Å². The van der Waals surface area contributed by atoms with Crippen molar-refractivity contribution in [2.45, 2.75) is 50.2 Å². The highest BCUT2D eigenvalue weighted by Crippen LogP contribution is 2.24. The molecule has 4 rings (SSSR count). The minimum absolute atomic E-state index is 0.0460. The van der Waals surface area contributed by atoms with E-state index in [0.717, 1.165) is 11.1 Å². The van der Waals surface area contributed by atoms with Crippen LogP contribution in [0.4, 0.5) is 4.79 Å². The third-order valence-electron chi connectivity index (χ3n) is 7.12. The lowest BCUT2D eigenvalue weighted by Crippen LogP contribution is -2.48. The van der Waals surface area contributed by atoms with Gasteiger partial charge in [0.05, 0.1) is 6.04 Å². The van der Waals surface area contributed by atoms with Gasteiger partial charge < -0.3 is 26.4 Å². The number of amides is 3. The van der Waals surface area contributed by atoms with Gasteiger partial charge in [-0.25, -0.2) is 4.79 Å². The van der Waals surface area contributed by atoms with Crippen LogP contribution in [-0.4, -0.2) is 48.2 Å². The number of nitrogens with one attached hydrogen (secondary N) is 4. The topological polar surface area (TPSA) is 120 Å². The van der Waals surface area contributed by atoms with Crippen molar-refractivity contribution in [2.75, 3.05) is 13.1 Å². The summed E-state index contributed by atoms with van der Waals surface area (Å²) in [6.45, 7) is 1.48. The van der Waals surface area contributed by atoms with Crippen LogP contribution in [0.15, 0.2) is 84.9 Å². The number of hydrogen-bond donors (Lipinski definition) is 5. The minimum Gasteiger partial charge on any atom is -0.465 e. The smallest absolute Gasteiger partial charge is 0.405 e. The van der Waals surface area contributed by atoms with Crippen LogP contribution in [0.2, 0.25) is 0 Å². The van der Waals surface area contributed by atoms with E-state index in [0.29, 0.717) is 45.3 Å². The molecule has 0 radical (unpaired) electrons. The van der Waals surface area contributed by atoms with E-state index in [9.17, 15) is 19.5 Å². The van der Waals surface area contributed by atoms with Gasteiger partial charge in [-0.3, -0.25) is 9.59 Å². The van der Waals surface area contributed by atoms with Gasteiger partial charge in [0.1, 0.15) is 6.04 Å². The summed E-state index contributed by atoms with van der Waals surface area (Å²) in [5, 5.41) is 20.8. The predicted molar refractivity (Wildman–Crippen MR) is 150 cm³/mol. The van der Waals surface area contributed by atoms with E-state index in [4.69, 9.17) is 0 Å². The van der Waals surface area contributed by atoms with E-state index in [2.05, 4.69) is 33.4 Å². The molecule has 0 unspecified atom stereocenters. The quantitative estimate of drug-likeness (QED) is 0.230. The van der Waals surface area contributed by atoms with Crippen molar-refractivity contribution >= 4 is 17.9 Å². The van der Waals surface area contributed by atoms with Gasteiger partial charge in [0, 0.05) is 25.6 Å². The van der Waals surface area contributed by atoms with E-state index in [1.165, 1.54) is 11.1 Å². The average Bonchev–Trinajstić information content (AvgIpc) is 2.97.